The van der Waals surface area contributed by atoms with Crippen molar-refractivity contribution in [1.29, 1.82) is 0 Å². The lowest BCUT2D eigenvalue weighted by Crippen LogP contribution is -2.33. The lowest BCUT2D eigenvalue weighted by atomic mass is 10.2. The van der Waals surface area contributed by atoms with Crippen molar-refractivity contribution in [1.82, 2.24) is 15.6 Å². The number of nitrogens with zero attached hydrogens (tertiary/aromatic N) is 2. The minimum atomic E-state index is 0.621. The monoisotopic (exact) mass is 227 g/mol. The van der Waals surface area contributed by atoms with Crippen LogP contribution in [0.3, 0.4) is 0 Å². The molecule has 2 unspecified atom stereocenters. The van der Waals surface area contributed by atoms with Crippen LogP contribution in [0.4, 0.5) is 0 Å². The Bertz CT molecular complexity index is 315. The fraction of sp³-hybridized carbons (Fsp3) is 0.800. The van der Waals surface area contributed by atoms with Crippen molar-refractivity contribution in [2.24, 2.45) is 0 Å². The minimum absolute atomic E-state index is 0.621. The molecule has 0 saturated heterocycles. The Morgan fingerprint density at radius 2 is 2.33 bits per heavy atom. The van der Waals surface area contributed by atoms with E-state index in [1.54, 1.807) is 0 Å². The van der Waals surface area contributed by atoms with E-state index < -0.39 is 0 Å². The van der Waals surface area contributed by atoms with Gasteiger partial charge in [-0.15, -0.1) is 0 Å². The first-order valence-corrected chi connectivity index (χ1v) is 6.64. The highest BCUT2D eigenvalue weighted by molar-refractivity contribution is 7.99. The third-order valence-electron chi connectivity index (χ3n) is 3.03. The van der Waals surface area contributed by atoms with E-state index in [9.17, 15) is 0 Å². The van der Waals surface area contributed by atoms with Gasteiger partial charge in [0, 0.05) is 17.8 Å². The maximum atomic E-state index is 4.67. The summed E-state index contributed by atoms with van der Waals surface area (Å²) in [6.45, 7) is 2.70. The van der Waals surface area contributed by atoms with Gasteiger partial charge >= 0.3 is 0 Å². The molecule has 1 N–H and O–H groups in total. The van der Waals surface area contributed by atoms with Crippen molar-refractivity contribution in [2.45, 2.75) is 44.0 Å². The van der Waals surface area contributed by atoms with Crippen LogP contribution in [0.2, 0.25) is 0 Å². The molecule has 1 heterocycles. The first-order valence-electron chi connectivity index (χ1n) is 5.35. The Labute approximate surface area is 94.2 Å². The van der Waals surface area contributed by atoms with Gasteiger partial charge in [-0.05, 0) is 26.0 Å². The lowest BCUT2D eigenvalue weighted by Gasteiger charge is -2.18. The molecule has 1 aromatic rings. The van der Waals surface area contributed by atoms with Gasteiger partial charge in [0.2, 0.25) is 0 Å². The van der Waals surface area contributed by atoms with E-state index in [1.165, 1.54) is 19.3 Å². The highest BCUT2D eigenvalue weighted by Gasteiger charge is 2.26. The molecule has 1 fully saturated rings. The summed E-state index contributed by atoms with van der Waals surface area (Å²) in [5, 5.41) is 11.9. The molecule has 0 bridgehead atoms. The van der Waals surface area contributed by atoms with Crippen molar-refractivity contribution >= 4 is 11.8 Å². The van der Waals surface area contributed by atoms with Gasteiger partial charge < -0.3 is 5.32 Å². The van der Waals surface area contributed by atoms with E-state index in [4.69, 9.17) is 0 Å². The van der Waals surface area contributed by atoms with E-state index in [1.807, 2.05) is 18.7 Å². The van der Waals surface area contributed by atoms with Gasteiger partial charge in [-0.1, -0.05) is 16.7 Å². The van der Waals surface area contributed by atoms with Gasteiger partial charge in [0.1, 0.15) is 11.4 Å². The topological polar surface area (TPSA) is 51.0 Å². The second-order valence-corrected chi connectivity index (χ2v) is 5.07. The fourth-order valence-electron chi connectivity index (χ4n) is 2.08. The smallest absolute Gasteiger partial charge is 0.121 e. The highest BCUT2D eigenvalue weighted by atomic mass is 32.2. The van der Waals surface area contributed by atoms with Crippen LogP contribution in [-0.4, -0.2) is 27.9 Å². The molecule has 15 heavy (non-hydrogen) atoms. The number of nitrogens with one attached hydrogen (secondary N) is 1. The zero-order chi connectivity index (χ0) is 10.7. The predicted octanol–water partition coefficient (Wildman–Crippen LogP) is 1.75. The first kappa shape index (κ1) is 11.0. The van der Waals surface area contributed by atoms with Crippen LogP contribution in [0.5, 0.6) is 0 Å². The normalized spacial score (nSPS) is 26.0. The second kappa shape index (κ2) is 4.99. The molecule has 0 radical (unpaired) electrons. The number of hydrogen-bond donors (Lipinski definition) is 1. The average molecular weight is 227 g/mol. The molecule has 0 amide bonds. The van der Waals surface area contributed by atoms with Crippen molar-refractivity contribution in [3.8, 4) is 0 Å². The van der Waals surface area contributed by atoms with Crippen molar-refractivity contribution in [3.63, 3.8) is 0 Å². The van der Waals surface area contributed by atoms with Crippen molar-refractivity contribution < 1.29 is 4.63 Å². The summed E-state index contributed by atoms with van der Waals surface area (Å²) in [7, 11) is 0. The Morgan fingerprint density at radius 3 is 3.00 bits per heavy atom. The van der Waals surface area contributed by atoms with Crippen LogP contribution < -0.4 is 5.32 Å². The molecule has 0 spiro atoms. The zero-order valence-corrected chi connectivity index (χ0v) is 10.0. The van der Waals surface area contributed by atoms with Crippen LogP contribution in [0, 0.1) is 6.92 Å². The molecule has 1 saturated carbocycles. The zero-order valence-electron chi connectivity index (χ0n) is 9.19. The quantitative estimate of drug-likeness (QED) is 0.849. The Balaban J connectivity index is 1.85. The van der Waals surface area contributed by atoms with E-state index in [2.05, 4.69) is 26.5 Å². The summed E-state index contributed by atoms with van der Waals surface area (Å²) >= 11 is 1.96. The van der Waals surface area contributed by atoms with Gasteiger partial charge in [0.25, 0.3) is 0 Å². The van der Waals surface area contributed by atoms with Crippen LogP contribution >= 0.6 is 11.8 Å². The molecule has 84 valence electrons. The van der Waals surface area contributed by atoms with Crippen molar-refractivity contribution in [3.05, 3.63) is 11.4 Å². The van der Waals surface area contributed by atoms with Gasteiger partial charge in [-0.3, -0.25) is 0 Å². The van der Waals surface area contributed by atoms with Gasteiger partial charge in [-0.25, -0.2) is 4.63 Å². The van der Waals surface area contributed by atoms with Crippen molar-refractivity contribution in [2.75, 3.05) is 6.26 Å². The molecule has 1 aliphatic rings. The Kier molecular flexibility index (Phi) is 3.64. The highest BCUT2D eigenvalue weighted by Crippen LogP contribution is 2.28. The number of thioether (sulfide) groups is 1. The molecule has 1 aliphatic carbocycles. The van der Waals surface area contributed by atoms with E-state index in [0.29, 0.717) is 6.04 Å². The standard InChI is InChI=1S/C10H17N3OS/c1-7-9(13-14-12-7)6-11-8-4-3-5-10(8)15-2/h8,10-11H,3-6H2,1-2H3. The summed E-state index contributed by atoms with van der Waals surface area (Å²) in [5.74, 6) is 0. The Morgan fingerprint density at radius 1 is 1.47 bits per heavy atom. The van der Waals surface area contributed by atoms with E-state index >= 15 is 0 Å². The van der Waals surface area contributed by atoms with E-state index in [0.717, 1.165) is 23.2 Å². The maximum Gasteiger partial charge on any atom is 0.121 e. The summed E-state index contributed by atoms with van der Waals surface area (Å²) in [5.41, 5.74) is 1.82. The fourth-order valence-corrected chi connectivity index (χ4v) is 3.04. The van der Waals surface area contributed by atoms with Gasteiger partial charge in [0.05, 0.1) is 0 Å². The minimum Gasteiger partial charge on any atom is -0.307 e. The number of aryl methyl sites for hydroxylation is 1. The lowest BCUT2D eigenvalue weighted by molar-refractivity contribution is 0.299. The van der Waals surface area contributed by atoms with Crippen LogP contribution in [0.25, 0.3) is 0 Å². The molecule has 0 aromatic carbocycles. The molecular weight excluding hydrogens is 210 g/mol. The summed E-state index contributed by atoms with van der Waals surface area (Å²) in [4.78, 5) is 0. The largest absolute Gasteiger partial charge is 0.307 e. The first-order chi connectivity index (χ1) is 7.31. The summed E-state index contributed by atoms with van der Waals surface area (Å²) in [6.07, 6.45) is 6.12. The third-order valence-corrected chi connectivity index (χ3v) is 4.20. The molecular formula is C10H17N3OS. The van der Waals surface area contributed by atoms with Gasteiger partial charge in [-0.2, -0.15) is 11.8 Å². The molecule has 1 aromatic heterocycles. The molecule has 5 heteroatoms. The maximum absolute atomic E-state index is 4.67. The molecule has 2 rings (SSSR count). The van der Waals surface area contributed by atoms with Gasteiger partial charge in [0.15, 0.2) is 0 Å². The molecule has 0 aliphatic heterocycles. The molecule has 2 atom stereocenters. The van der Waals surface area contributed by atoms with Crippen LogP contribution in [0.1, 0.15) is 30.7 Å². The molecule has 4 nitrogen and oxygen atoms in total. The SMILES string of the molecule is CSC1CCCC1NCc1nonc1C. The van der Waals surface area contributed by atoms with E-state index in [-0.39, 0.29) is 0 Å². The number of rotatable bonds is 4. The van der Waals surface area contributed by atoms with Crippen LogP contribution in [-0.2, 0) is 6.54 Å². The predicted molar refractivity (Wildman–Crippen MR) is 60.8 cm³/mol. The average Bonchev–Trinajstić information content (AvgIpc) is 2.83. The van der Waals surface area contributed by atoms with Crippen LogP contribution in [0.15, 0.2) is 4.63 Å². The number of aromatic nitrogens is 2. The number of hydrogen-bond acceptors (Lipinski definition) is 5. The third kappa shape index (κ3) is 2.52. The Hall–Kier alpha value is -0.550. The summed E-state index contributed by atoms with van der Waals surface area (Å²) < 4.78 is 4.67. The summed E-state index contributed by atoms with van der Waals surface area (Å²) in [6, 6.07) is 0.621. The second-order valence-electron chi connectivity index (χ2n) is 3.99.